The van der Waals surface area contributed by atoms with Crippen LogP contribution in [0.4, 0.5) is 4.39 Å². The first-order valence-corrected chi connectivity index (χ1v) is 9.49. The molecule has 2 amide bonds. The highest BCUT2D eigenvalue weighted by molar-refractivity contribution is 5.79. The molecule has 1 saturated heterocycles. The quantitative estimate of drug-likeness (QED) is 0.864. The number of amides is 2. The molecule has 1 aliphatic rings. The van der Waals surface area contributed by atoms with Crippen molar-refractivity contribution in [1.29, 1.82) is 0 Å². The highest BCUT2D eigenvalue weighted by Crippen LogP contribution is 2.27. The Kier molecular flexibility index (Phi) is 6.41. The Hall–Kier alpha value is -2.73. The SMILES string of the molecule is CC(=O)N[C@@H](CC(=O)N1CCN(C)C[C@@H]1c1ccccc1)c1ccc(F)cc1. The fraction of sp³-hybridized carbons (Fsp3) is 0.364. The van der Waals surface area contributed by atoms with Crippen LogP contribution in [0, 0.1) is 5.82 Å². The van der Waals surface area contributed by atoms with Gasteiger partial charge in [0.2, 0.25) is 11.8 Å². The minimum Gasteiger partial charge on any atom is -0.349 e. The smallest absolute Gasteiger partial charge is 0.225 e. The first kappa shape index (κ1) is 20.0. The molecule has 5 nitrogen and oxygen atoms in total. The van der Waals surface area contributed by atoms with Gasteiger partial charge in [-0.15, -0.1) is 0 Å². The van der Waals surface area contributed by atoms with Crippen molar-refractivity contribution in [2.75, 3.05) is 26.7 Å². The Morgan fingerprint density at radius 1 is 1.11 bits per heavy atom. The standard InChI is InChI=1S/C22H26FN3O2/c1-16(27)24-20(17-8-10-19(23)11-9-17)14-22(28)26-13-12-25(2)15-21(26)18-6-4-3-5-7-18/h3-11,20-21H,12-15H2,1-2H3,(H,24,27)/t20-,21+/m0/s1. The minimum absolute atomic E-state index is 0.0231. The number of rotatable bonds is 5. The Morgan fingerprint density at radius 2 is 1.79 bits per heavy atom. The summed E-state index contributed by atoms with van der Waals surface area (Å²) >= 11 is 0. The van der Waals surface area contributed by atoms with E-state index in [0.29, 0.717) is 6.54 Å². The number of hydrogen-bond acceptors (Lipinski definition) is 3. The van der Waals surface area contributed by atoms with Gasteiger partial charge in [0.05, 0.1) is 18.5 Å². The predicted molar refractivity (Wildman–Crippen MR) is 106 cm³/mol. The highest BCUT2D eigenvalue weighted by Gasteiger charge is 2.31. The molecule has 0 saturated carbocycles. The van der Waals surface area contributed by atoms with Gasteiger partial charge in [-0.2, -0.15) is 0 Å². The average molecular weight is 383 g/mol. The van der Waals surface area contributed by atoms with E-state index >= 15 is 0 Å². The normalized spacial score (nSPS) is 18.5. The van der Waals surface area contributed by atoms with Gasteiger partial charge in [0.1, 0.15) is 5.82 Å². The van der Waals surface area contributed by atoms with Crippen molar-refractivity contribution in [3.05, 3.63) is 71.5 Å². The lowest BCUT2D eigenvalue weighted by Gasteiger charge is -2.41. The van der Waals surface area contributed by atoms with Crippen molar-refractivity contribution >= 4 is 11.8 Å². The summed E-state index contributed by atoms with van der Waals surface area (Å²) in [7, 11) is 2.05. The zero-order chi connectivity index (χ0) is 20.1. The molecule has 0 aliphatic carbocycles. The highest BCUT2D eigenvalue weighted by atomic mass is 19.1. The maximum Gasteiger partial charge on any atom is 0.225 e. The van der Waals surface area contributed by atoms with Crippen LogP contribution in [0.25, 0.3) is 0 Å². The maximum atomic E-state index is 13.3. The maximum absolute atomic E-state index is 13.3. The molecular formula is C22H26FN3O2. The summed E-state index contributed by atoms with van der Waals surface area (Å²) in [4.78, 5) is 29.0. The van der Waals surface area contributed by atoms with E-state index in [1.165, 1.54) is 19.1 Å². The Morgan fingerprint density at radius 3 is 2.43 bits per heavy atom. The van der Waals surface area contributed by atoms with E-state index in [2.05, 4.69) is 17.3 Å². The van der Waals surface area contributed by atoms with Crippen LogP contribution in [0.1, 0.15) is 36.6 Å². The molecule has 148 valence electrons. The van der Waals surface area contributed by atoms with Crippen LogP contribution in [-0.2, 0) is 9.59 Å². The molecule has 0 spiro atoms. The molecule has 0 bridgehead atoms. The lowest BCUT2D eigenvalue weighted by atomic mass is 9.99. The van der Waals surface area contributed by atoms with Crippen molar-refractivity contribution in [2.45, 2.75) is 25.4 Å². The molecule has 2 atom stereocenters. The Balaban J connectivity index is 1.80. The molecule has 1 fully saturated rings. The Labute approximate surface area is 165 Å². The van der Waals surface area contributed by atoms with Crippen LogP contribution in [0.15, 0.2) is 54.6 Å². The zero-order valence-electron chi connectivity index (χ0n) is 16.3. The lowest BCUT2D eigenvalue weighted by Crippen LogP contribution is -2.50. The van der Waals surface area contributed by atoms with Crippen LogP contribution >= 0.6 is 0 Å². The zero-order valence-corrected chi connectivity index (χ0v) is 16.3. The number of nitrogens with zero attached hydrogens (tertiary/aromatic N) is 2. The van der Waals surface area contributed by atoms with Crippen LogP contribution in [0.3, 0.4) is 0 Å². The lowest BCUT2D eigenvalue weighted by molar-refractivity contribution is -0.137. The molecule has 2 aromatic carbocycles. The van der Waals surface area contributed by atoms with Gasteiger partial charge < -0.3 is 15.1 Å². The van der Waals surface area contributed by atoms with Crippen LogP contribution in [0.5, 0.6) is 0 Å². The number of halogens is 1. The van der Waals surface area contributed by atoms with Crippen molar-refractivity contribution in [2.24, 2.45) is 0 Å². The van der Waals surface area contributed by atoms with Gasteiger partial charge >= 0.3 is 0 Å². The number of benzene rings is 2. The number of piperazine rings is 1. The van der Waals surface area contributed by atoms with Crippen molar-refractivity contribution in [3.8, 4) is 0 Å². The third kappa shape index (κ3) is 4.95. The summed E-state index contributed by atoms with van der Waals surface area (Å²) in [5, 5.41) is 2.83. The monoisotopic (exact) mass is 383 g/mol. The van der Waals surface area contributed by atoms with Crippen molar-refractivity contribution < 1.29 is 14.0 Å². The van der Waals surface area contributed by atoms with E-state index in [9.17, 15) is 14.0 Å². The summed E-state index contributed by atoms with van der Waals surface area (Å²) < 4.78 is 13.3. The van der Waals surface area contributed by atoms with Crippen LogP contribution in [-0.4, -0.2) is 48.3 Å². The fourth-order valence-electron chi connectivity index (χ4n) is 3.66. The summed E-state index contributed by atoms with van der Waals surface area (Å²) in [5.74, 6) is -0.593. The van der Waals surface area contributed by atoms with E-state index in [4.69, 9.17) is 0 Å². The molecule has 2 aromatic rings. The fourth-order valence-corrected chi connectivity index (χ4v) is 3.66. The van der Waals surface area contributed by atoms with E-state index in [1.54, 1.807) is 12.1 Å². The largest absolute Gasteiger partial charge is 0.349 e. The topological polar surface area (TPSA) is 52.7 Å². The summed E-state index contributed by atoms with van der Waals surface area (Å²) in [6, 6.07) is 15.4. The van der Waals surface area contributed by atoms with Gasteiger partial charge in [-0.05, 0) is 30.3 Å². The molecule has 0 aromatic heterocycles. The number of carbonyl (C=O) groups is 2. The third-order valence-electron chi connectivity index (χ3n) is 5.12. The summed E-state index contributed by atoms with van der Waals surface area (Å²) in [5.41, 5.74) is 1.82. The second-order valence-corrected chi connectivity index (χ2v) is 7.28. The summed E-state index contributed by atoms with van der Waals surface area (Å²) in [6.07, 6.45) is 0.137. The van der Waals surface area contributed by atoms with Gasteiger partial charge in [-0.3, -0.25) is 9.59 Å². The number of hydrogen-bond donors (Lipinski definition) is 1. The molecule has 1 N–H and O–H groups in total. The van der Waals surface area contributed by atoms with Gasteiger partial charge in [0.15, 0.2) is 0 Å². The molecule has 0 radical (unpaired) electrons. The predicted octanol–water partition coefficient (Wildman–Crippen LogP) is 2.91. The number of likely N-dealkylation sites (N-methyl/N-ethyl adjacent to an activating group) is 1. The molecule has 1 heterocycles. The van der Waals surface area contributed by atoms with Crippen molar-refractivity contribution in [1.82, 2.24) is 15.1 Å². The second kappa shape index (κ2) is 8.97. The summed E-state index contributed by atoms with van der Waals surface area (Å²) in [6.45, 7) is 3.61. The second-order valence-electron chi connectivity index (χ2n) is 7.28. The molecule has 0 unspecified atom stereocenters. The van der Waals surface area contributed by atoms with Crippen LogP contribution in [0.2, 0.25) is 0 Å². The third-order valence-corrected chi connectivity index (χ3v) is 5.12. The minimum atomic E-state index is -0.485. The van der Waals surface area contributed by atoms with E-state index in [0.717, 1.165) is 24.2 Å². The molecule has 6 heteroatoms. The first-order valence-electron chi connectivity index (χ1n) is 9.49. The van der Waals surface area contributed by atoms with Gasteiger partial charge in [0.25, 0.3) is 0 Å². The van der Waals surface area contributed by atoms with E-state index in [1.807, 2.05) is 35.2 Å². The molecular weight excluding hydrogens is 357 g/mol. The van der Waals surface area contributed by atoms with E-state index in [-0.39, 0.29) is 30.1 Å². The number of carbonyl (C=O) groups excluding carboxylic acids is 2. The van der Waals surface area contributed by atoms with E-state index < -0.39 is 6.04 Å². The van der Waals surface area contributed by atoms with Gasteiger partial charge in [-0.1, -0.05) is 42.5 Å². The molecule has 1 aliphatic heterocycles. The Bertz CT molecular complexity index is 810. The van der Waals surface area contributed by atoms with Gasteiger partial charge in [-0.25, -0.2) is 4.39 Å². The van der Waals surface area contributed by atoms with Gasteiger partial charge in [0, 0.05) is 26.6 Å². The van der Waals surface area contributed by atoms with Crippen molar-refractivity contribution in [3.63, 3.8) is 0 Å². The first-order chi connectivity index (χ1) is 13.4. The number of nitrogens with one attached hydrogen (secondary N) is 1. The molecule has 28 heavy (non-hydrogen) atoms. The molecule has 3 rings (SSSR count). The van der Waals surface area contributed by atoms with Crippen LogP contribution < -0.4 is 5.32 Å². The average Bonchev–Trinajstić information content (AvgIpc) is 2.68.